The van der Waals surface area contributed by atoms with Crippen molar-refractivity contribution in [2.24, 2.45) is 0 Å². The Kier molecular flexibility index (Phi) is 20.2. The predicted octanol–water partition coefficient (Wildman–Crippen LogP) is 9.24. The first kappa shape index (κ1) is 47.2. The molecule has 1 heterocycles. The minimum atomic E-state index is -1.68. The Morgan fingerprint density at radius 2 is 0.774 bits per heavy atom. The molecule has 330 valence electrons. The van der Waals surface area contributed by atoms with E-state index >= 15 is 0 Å². The molecule has 62 heavy (non-hydrogen) atoms. The zero-order valence-corrected chi connectivity index (χ0v) is 35.2. The van der Waals surface area contributed by atoms with Crippen molar-refractivity contribution in [3.8, 4) is 0 Å². The first-order chi connectivity index (χ1) is 30.3. The van der Waals surface area contributed by atoms with E-state index in [1.807, 2.05) is 0 Å². The molecule has 1 saturated heterocycles. The summed E-state index contributed by atoms with van der Waals surface area (Å²) < 4.78 is 36.0. The Morgan fingerprint density at radius 1 is 0.419 bits per heavy atom. The molecule has 1 fully saturated rings. The third kappa shape index (κ3) is 15.6. The number of ether oxygens (including phenoxy) is 6. The van der Waals surface area contributed by atoms with Crippen molar-refractivity contribution in [2.75, 3.05) is 13.2 Å². The molecule has 5 atom stereocenters. The molecule has 5 rings (SSSR count). The average molecular weight is 851 g/mol. The van der Waals surface area contributed by atoms with Gasteiger partial charge in [-0.25, -0.2) is 19.2 Å². The van der Waals surface area contributed by atoms with Gasteiger partial charge in [0.2, 0.25) is 12.4 Å². The van der Waals surface area contributed by atoms with Gasteiger partial charge in [-0.3, -0.25) is 4.79 Å². The van der Waals surface area contributed by atoms with Crippen LogP contribution in [0, 0.1) is 0 Å². The van der Waals surface area contributed by atoms with Crippen LogP contribution in [0.5, 0.6) is 0 Å². The highest BCUT2D eigenvalue weighted by molar-refractivity contribution is 5.91. The van der Waals surface area contributed by atoms with Crippen molar-refractivity contribution in [1.29, 1.82) is 0 Å². The van der Waals surface area contributed by atoms with Gasteiger partial charge in [0.15, 0.2) is 12.2 Å². The highest BCUT2D eigenvalue weighted by Crippen LogP contribution is 2.32. The first-order valence-corrected chi connectivity index (χ1v) is 21.8. The van der Waals surface area contributed by atoms with Crippen LogP contribution in [0.3, 0.4) is 0 Å². The van der Waals surface area contributed by atoms with Crippen LogP contribution in [0.2, 0.25) is 0 Å². The predicted molar refractivity (Wildman–Crippen MR) is 230 cm³/mol. The summed E-state index contributed by atoms with van der Waals surface area (Å²) in [5.41, 5.74) is 0.697. The van der Waals surface area contributed by atoms with Crippen LogP contribution < -0.4 is 0 Å². The van der Waals surface area contributed by atoms with Crippen LogP contribution in [0.15, 0.2) is 121 Å². The molecule has 1 aliphatic rings. The summed E-state index contributed by atoms with van der Waals surface area (Å²) in [6.07, 6.45) is 5.78. The van der Waals surface area contributed by atoms with Crippen LogP contribution in [0.25, 0.3) is 0 Å². The molecule has 0 spiro atoms. The van der Waals surface area contributed by atoms with Gasteiger partial charge in [-0.1, -0.05) is 143 Å². The highest BCUT2D eigenvalue weighted by Gasteiger charge is 2.54. The minimum absolute atomic E-state index is 0.0318. The second-order valence-corrected chi connectivity index (χ2v) is 15.3. The van der Waals surface area contributed by atoms with E-state index in [2.05, 4.69) is 0 Å². The van der Waals surface area contributed by atoms with Crippen molar-refractivity contribution < 1.29 is 57.5 Å². The number of carbonyl (C=O) groups is 5. The maximum Gasteiger partial charge on any atom is 0.338 e. The molecule has 0 aliphatic carbocycles. The monoisotopic (exact) mass is 850 g/mol. The minimum Gasteiger partial charge on any atom is -0.459 e. The molecule has 4 aromatic carbocycles. The van der Waals surface area contributed by atoms with E-state index in [4.69, 9.17) is 33.5 Å². The lowest BCUT2D eigenvalue weighted by atomic mass is 9.97. The van der Waals surface area contributed by atoms with Crippen molar-refractivity contribution in [3.63, 3.8) is 0 Å². The molecular weight excluding hydrogens is 793 g/mol. The molecule has 1 aliphatic heterocycles. The second kappa shape index (κ2) is 26.5. The highest BCUT2D eigenvalue weighted by atomic mass is 16.7. The van der Waals surface area contributed by atoms with E-state index in [1.165, 1.54) is 74.9 Å². The lowest BCUT2D eigenvalue weighted by molar-refractivity contribution is -0.290. The van der Waals surface area contributed by atoms with Crippen molar-refractivity contribution >= 4 is 29.8 Å². The van der Waals surface area contributed by atoms with Gasteiger partial charge in [-0.15, -0.1) is 0 Å². The molecule has 4 aromatic rings. The van der Waals surface area contributed by atoms with E-state index in [0.717, 1.165) is 38.5 Å². The fourth-order valence-electron chi connectivity index (χ4n) is 7.14. The SMILES string of the molecule is O=C(CCCCCCCCCCCCCCCO)O[C@@H]1O[C@H](COC(=O)c2ccccc2)[C@@H](OC(=O)c2ccccc2)[C@H](OC(=O)c2ccccc2)[C@H]1OC(=O)c1ccccc1. The molecule has 0 amide bonds. The van der Waals surface area contributed by atoms with Gasteiger partial charge >= 0.3 is 29.8 Å². The van der Waals surface area contributed by atoms with Gasteiger partial charge in [0.25, 0.3) is 0 Å². The van der Waals surface area contributed by atoms with E-state index < -0.39 is 67.2 Å². The number of hydrogen-bond acceptors (Lipinski definition) is 12. The fraction of sp³-hybridized carbons (Fsp3) is 0.420. The van der Waals surface area contributed by atoms with Gasteiger partial charge in [0.1, 0.15) is 12.7 Å². The van der Waals surface area contributed by atoms with Crippen LogP contribution in [0.1, 0.15) is 131 Å². The number of hydrogen-bond donors (Lipinski definition) is 1. The quantitative estimate of drug-likeness (QED) is 0.0383. The zero-order chi connectivity index (χ0) is 43.8. The van der Waals surface area contributed by atoms with Gasteiger partial charge in [-0.05, 0) is 61.4 Å². The first-order valence-electron chi connectivity index (χ1n) is 21.8. The van der Waals surface area contributed by atoms with E-state index in [1.54, 1.807) is 84.9 Å². The summed E-state index contributed by atoms with van der Waals surface area (Å²) in [4.78, 5) is 68.0. The van der Waals surface area contributed by atoms with E-state index in [0.29, 0.717) is 6.42 Å². The Morgan fingerprint density at radius 3 is 1.19 bits per heavy atom. The Bertz CT molecular complexity index is 1940. The number of aliphatic hydroxyl groups excluding tert-OH is 1. The molecule has 0 bridgehead atoms. The number of aliphatic hydroxyl groups is 1. The van der Waals surface area contributed by atoms with Crippen molar-refractivity contribution in [3.05, 3.63) is 144 Å². The largest absolute Gasteiger partial charge is 0.459 e. The van der Waals surface area contributed by atoms with Gasteiger partial charge < -0.3 is 33.5 Å². The summed E-state index contributed by atoms with van der Waals surface area (Å²) in [7, 11) is 0. The van der Waals surface area contributed by atoms with E-state index in [-0.39, 0.29) is 35.3 Å². The summed E-state index contributed by atoms with van der Waals surface area (Å²) in [5, 5.41) is 8.91. The second-order valence-electron chi connectivity index (χ2n) is 15.3. The number of rotatable bonds is 25. The smallest absolute Gasteiger partial charge is 0.338 e. The van der Waals surface area contributed by atoms with Gasteiger partial charge in [0, 0.05) is 13.0 Å². The van der Waals surface area contributed by atoms with Crippen molar-refractivity contribution in [1.82, 2.24) is 0 Å². The maximum atomic E-state index is 13.8. The normalized spacial score (nSPS) is 18.2. The molecule has 0 aromatic heterocycles. The standard InChI is InChI=1S/C50H58O12/c51-35-25-11-9-7-5-3-1-2-4-6-8-10-24-34-42(52)59-50-45(62-49(56)40-32-22-15-23-33-40)44(61-48(55)39-30-20-14-21-31-39)43(60-47(54)38-28-18-13-19-29-38)41(58-50)36-57-46(53)37-26-16-12-17-27-37/h12-23,26-33,41,43-45,50-51H,1-11,24-25,34-36H2/t41-,43-,44+,45-,50+/m1/s1. The lowest BCUT2D eigenvalue weighted by Gasteiger charge is -2.43. The molecule has 12 heteroatoms. The van der Waals surface area contributed by atoms with Crippen LogP contribution in [-0.2, 0) is 33.2 Å². The lowest BCUT2D eigenvalue weighted by Crippen LogP contribution is -2.63. The number of unbranched alkanes of at least 4 members (excludes halogenated alkanes) is 12. The third-order valence-corrected chi connectivity index (χ3v) is 10.5. The number of carbonyl (C=O) groups excluding carboxylic acids is 5. The van der Waals surface area contributed by atoms with Gasteiger partial charge in [0.05, 0.1) is 22.3 Å². The summed E-state index contributed by atoms with van der Waals surface area (Å²) in [5.74, 6) is -3.88. The molecule has 0 unspecified atom stereocenters. The molecule has 1 N–H and O–H groups in total. The van der Waals surface area contributed by atoms with Crippen LogP contribution in [-0.4, -0.2) is 78.9 Å². The average Bonchev–Trinajstić information content (AvgIpc) is 3.31. The summed E-state index contributed by atoms with van der Waals surface area (Å²) in [6.45, 7) is -0.262. The molecular formula is C50H58O12. The Balaban J connectivity index is 1.33. The summed E-state index contributed by atoms with van der Waals surface area (Å²) >= 11 is 0. The number of esters is 5. The number of benzene rings is 4. The summed E-state index contributed by atoms with van der Waals surface area (Å²) in [6, 6.07) is 32.4. The topological polar surface area (TPSA) is 161 Å². The van der Waals surface area contributed by atoms with Crippen LogP contribution in [0.4, 0.5) is 0 Å². The van der Waals surface area contributed by atoms with E-state index in [9.17, 15) is 24.0 Å². The third-order valence-electron chi connectivity index (χ3n) is 10.5. The van der Waals surface area contributed by atoms with Gasteiger partial charge in [-0.2, -0.15) is 0 Å². The molecule has 12 nitrogen and oxygen atoms in total. The van der Waals surface area contributed by atoms with Crippen LogP contribution >= 0.6 is 0 Å². The fourth-order valence-corrected chi connectivity index (χ4v) is 7.14. The Hall–Kier alpha value is -5.85. The molecule has 0 saturated carbocycles. The zero-order valence-electron chi connectivity index (χ0n) is 35.2. The molecule has 0 radical (unpaired) electrons. The Labute approximate surface area is 363 Å². The van der Waals surface area contributed by atoms with Crippen molar-refractivity contribution in [2.45, 2.75) is 121 Å². The maximum absolute atomic E-state index is 13.8.